The van der Waals surface area contributed by atoms with Crippen LogP contribution in [0.5, 0.6) is 0 Å². The summed E-state index contributed by atoms with van der Waals surface area (Å²) in [4.78, 5) is 4.88. The van der Waals surface area contributed by atoms with E-state index >= 15 is 0 Å². The van der Waals surface area contributed by atoms with E-state index < -0.39 is 0 Å². The van der Waals surface area contributed by atoms with Gasteiger partial charge >= 0.3 is 0 Å². The summed E-state index contributed by atoms with van der Waals surface area (Å²) in [5.74, 6) is 1.22. The van der Waals surface area contributed by atoms with E-state index in [2.05, 4.69) is 45.8 Å². The van der Waals surface area contributed by atoms with Gasteiger partial charge in [-0.2, -0.15) is 11.3 Å². The fourth-order valence-corrected chi connectivity index (χ4v) is 5.55. The van der Waals surface area contributed by atoms with Crippen molar-refractivity contribution >= 4 is 22.9 Å². The highest BCUT2D eigenvalue weighted by Gasteiger charge is 2.23. The van der Waals surface area contributed by atoms with Gasteiger partial charge in [0.05, 0.1) is 0 Å². The molecule has 2 fully saturated rings. The zero-order valence-electron chi connectivity index (χ0n) is 18.7. The zero-order valence-corrected chi connectivity index (χ0v) is 20.3. The number of thiophene rings is 1. The average molecular weight is 471 g/mol. The Hall–Kier alpha value is -1.72. The van der Waals surface area contributed by atoms with Crippen molar-refractivity contribution in [3.05, 3.63) is 92.9 Å². The fraction of sp³-hybridized carbons (Fsp3) is 0.407. The second kappa shape index (κ2) is 11.4. The van der Waals surface area contributed by atoms with Crippen molar-refractivity contribution in [1.82, 2.24) is 9.80 Å². The molecule has 1 aromatic heterocycles. The first-order chi connectivity index (χ1) is 15.6. The largest absolute Gasteiger partial charge is 0.306 e. The SMILES string of the molecule is CN1CCC(c2ccc(F)cc2)CC1.Clc1ccc(CN2CC[C@@H](c3ccsc3)C2)cc1. The molecule has 0 amide bonds. The molecule has 32 heavy (non-hydrogen) atoms. The van der Waals surface area contributed by atoms with E-state index in [9.17, 15) is 4.39 Å². The van der Waals surface area contributed by atoms with E-state index in [0.29, 0.717) is 5.92 Å². The first kappa shape index (κ1) is 23.4. The highest BCUT2D eigenvalue weighted by molar-refractivity contribution is 7.08. The van der Waals surface area contributed by atoms with Crippen LogP contribution in [0, 0.1) is 5.82 Å². The van der Waals surface area contributed by atoms with E-state index in [0.717, 1.165) is 30.6 Å². The van der Waals surface area contributed by atoms with Gasteiger partial charge in [0.25, 0.3) is 0 Å². The third-order valence-corrected chi connectivity index (χ3v) is 7.62. The van der Waals surface area contributed by atoms with Crippen LogP contribution in [0.2, 0.25) is 5.02 Å². The number of halogens is 2. The van der Waals surface area contributed by atoms with E-state index in [1.807, 2.05) is 24.3 Å². The smallest absolute Gasteiger partial charge is 0.123 e. The third kappa shape index (κ3) is 6.64. The predicted molar refractivity (Wildman–Crippen MR) is 134 cm³/mol. The summed E-state index contributed by atoms with van der Waals surface area (Å²) in [5, 5.41) is 5.28. The van der Waals surface area contributed by atoms with Crippen LogP contribution in [0.1, 0.15) is 47.8 Å². The molecule has 0 N–H and O–H groups in total. The van der Waals surface area contributed by atoms with Crippen molar-refractivity contribution in [2.24, 2.45) is 0 Å². The van der Waals surface area contributed by atoms with Crippen LogP contribution in [0.4, 0.5) is 4.39 Å². The summed E-state index contributed by atoms with van der Waals surface area (Å²) < 4.78 is 12.7. The summed E-state index contributed by atoms with van der Waals surface area (Å²) in [7, 11) is 2.15. The molecule has 3 heterocycles. The molecule has 0 bridgehead atoms. The Labute approximate surface area is 200 Å². The first-order valence-electron chi connectivity index (χ1n) is 11.5. The maximum atomic E-state index is 12.7. The molecule has 0 saturated carbocycles. The Kier molecular flexibility index (Phi) is 8.37. The minimum Gasteiger partial charge on any atom is -0.306 e. The van der Waals surface area contributed by atoms with Crippen LogP contribution in [0.3, 0.4) is 0 Å². The quantitative estimate of drug-likeness (QED) is 0.404. The molecule has 1 atom stereocenters. The van der Waals surface area contributed by atoms with Crippen molar-refractivity contribution in [1.29, 1.82) is 0 Å². The van der Waals surface area contributed by atoms with E-state index in [4.69, 9.17) is 11.6 Å². The van der Waals surface area contributed by atoms with Crippen molar-refractivity contribution < 1.29 is 4.39 Å². The van der Waals surface area contributed by atoms with Gasteiger partial charge in [-0.15, -0.1) is 0 Å². The topological polar surface area (TPSA) is 6.48 Å². The third-order valence-electron chi connectivity index (χ3n) is 6.67. The van der Waals surface area contributed by atoms with Gasteiger partial charge in [0.15, 0.2) is 0 Å². The molecule has 2 saturated heterocycles. The van der Waals surface area contributed by atoms with Gasteiger partial charge in [-0.25, -0.2) is 4.39 Å². The standard InChI is InChI=1S/C15H16ClNS.C12H16FN/c16-15-3-1-12(2-4-15)9-17-7-5-13(10-17)14-6-8-18-11-14;1-14-8-6-11(7-9-14)10-2-4-12(13)5-3-10/h1-4,6,8,11,13H,5,7,9-10H2;2-5,11H,6-9H2,1H3/t13-;/m1./s1. The minimum absolute atomic E-state index is 0.137. The lowest BCUT2D eigenvalue weighted by Crippen LogP contribution is -2.29. The number of hydrogen-bond acceptors (Lipinski definition) is 3. The molecule has 2 aliphatic heterocycles. The molecule has 5 rings (SSSR count). The van der Waals surface area contributed by atoms with Crippen molar-refractivity contribution in [3.8, 4) is 0 Å². The molecular weight excluding hydrogens is 439 g/mol. The van der Waals surface area contributed by atoms with Crippen LogP contribution in [0.25, 0.3) is 0 Å². The highest BCUT2D eigenvalue weighted by atomic mass is 35.5. The van der Waals surface area contributed by atoms with Crippen molar-refractivity contribution in [2.45, 2.75) is 37.6 Å². The van der Waals surface area contributed by atoms with Crippen LogP contribution < -0.4 is 0 Å². The monoisotopic (exact) mass is 470 g/mol. The molecule has 3 aromatic rings. The number of hydrogen-bond donors (Lipinski definition) is 0. The normalized spacial score (nSPS) is 20.2. The molecule has 2 aromatic carbocycles. The van der Waals surface area contributed by atoms with Gasteiger partial charge < -0.3 is 4.90 Å². The molecule has 0 aliphatic carbocycles. The Bertz CT molecular complexity index is 935. The zero-order chi connectivity index (χ0) is 22.3. The Balaban J connectivity index is 0.000000158. The molecule has 2 nitrogen and oxygen atoms in total. The first-order valence-corrected chi connectivity index (χ1v) is 12.8. The summed E-state index contributed by atoms with van der Waals surface area (Å²) in [6.07, 6.45) is 3.68. The Morgan fingerprint density at radius 3 is 2.22 bits per heavy atom. The van der Waals surface area contributed by atoms with E-state index in [-0.39, 0.29) is 5.82 Å². The second-order valence-electron chi connectivity index (χ2n) is 9.03. The molecule has 0 spiro atoms. The fourth-order valence-electron chi connectivity index (χ4n) is 4.68. The summed E-state index contributed by atoms with van der Waals surface area (Å²) >= 11 is 7.71. The van der Waals surface area contributed by atoms with Gasteiger partial charge in [-0.3, -0.25) is 4.90 Å². The summed E-state index contributed by atoms with van der Waals surface area (Å²) in [6.45, 7) is 5.73. The number of piperidine rings is 1. The number of likely N-dealkylation sites (tertiary alicyclic amines) is 2. The molecular formula is C27H32ClFN2S. The van der Waals surface area contributed by atoms with Gasteiger partial charge in [-0.1, -0.05) is 35.9 Å². The maximum absolute atomic E-state index is 12.7. The Morgan fingerprint density at radius 2 is 1.56 bits per heavy atom. The lowest BCUT2D eigenvalue weighted by molar-refractivity contribution is 0.255. The molecule has 0 radical (unpaired) electrons. The van der Waals surface area contributed by atoms with Crippen LogP contribution in [-0.4, -0.2) is 43.0 Å². The summed E-state index contributed by atoms with van der Waals surface area (Å²) in [6, 6.07) is 17.4. The van der Waals surface area contributed by atoms with Gasteiger partial charge in [0, 0.05) is 18.1 Å². The van der Waals surface area contributed by atoms with Gasteiger partial charge in [0.1, 0.15) is 5.82 Å². The van der Waals surface area contributed by atoms with Crippen LogP contribution in [0.15, 0.2) is 65.4 Å². The predicted octanol–water partition coefficient (Wildman–Crippen LogP) is 7.03. The van der Waals surface area contributed by atoms with E-state index in [1.54, 1.807) is 23.5 Å². The average Bonchev–Trinajstić information content (AvgIpc) is 3.49. The lowest BCUT2D eigenvalue weighted by Gasteiger charge is -2.29. The number of nitrogens with zero attached hydrogens (tertiary/aromatic N) is 2. The molecule has 5 heteroatoms. The van der Waals surface area contributed by atoms with Crippen molar-refractivity contribution in [3.63, 3.8) is 0 Å². The lowest BCUT2D eigenvalue weighted by atomic mass is 9.90. The van der Waals surface area contributed by atoms with Crippen LogP contribution >= 0.6 is 22.9 Å². The minimum atomic E-state index is -0.137. The maximum Gasteiger partial charge on any atom is 0.123 e. The number of rotatable bonds is 4. The van der Waals surface area contributed by atoms with Gasteiger partial charge in [0.2, 0.25) is 0 Å². The van der Waals surface area contributed by atoms with Gasteiger partial charge in [-0.05, 0) is 116 Å². The van der Waals surface area contributed by atoms with Crippen molar-refractivity contribution in [2.75, 3.05) is 33.2 Å². The molecule has 2 aliphatic rings. The molecule has 0 unspecified atom stereocenters. The van der Waals surface area contributed by atoms with E-state index in [1.165, 1.54) is 49.0 Å². The van der Waals surface area contributed by atoms with Crippen LogP contribution in [-0.2, 0) is 6.54 Å². The Morgan fingerprint density at radius 1 is 0.875 bits per heavy atom. The number of benzene rings is 2. The highest BCUT2D eigenvalue weighted by Crippen LogP contribution is 2.30. The second-order valence-corrected chi connectivity index (χ2v) is 10.2. The molecule has 170 valence electrons. The summed E-state index contributed by atoms with van der Waals surface area (Å²) in [5.41, 5.74) is 4.16.